The van der Waals surface area contributed by atoms with Gasteiger partial charge in [-0.15, -0.1) is 10.2 Å². The highest BCUT2D eigenvalue weighted by Crippen LogP contribution is 2.31. The van der Waals surface area contributed by atoms with Gasteiger partial charge in [0.15, 0.2) is 16.7 Å². The van der Waals surface area contributed by atoms with E-state index >= 15 is 0 Å². The monoisotopic (exact) mass is 452 g/mol. The van der Waals surface area contributed by atoms with Crippen LogP contribution in [0.15, 0.2) is 41.6 Å². The van der Waals surface area contributed by atoms with Crippen molar-refractivity contribution in [3.63, 3.8) is 0 Å². The Kier molecular flexibility index (Phi) is 6.99. The molecule has 3 aromatic rings. The number of thioether (sulfide) groups is 1. The maximum absolute atomic E-state index is 12.5. The lowest BCUT2D eigenvalue weighted by Gasteiger charge is -2.11. The van der Waals surface area contributed by atoms with Gasteiger partial charge in [-0.05, 0) is 55.7 Å². The SMILES string of the molecule is CCn1c(Cc2ccc3c(c2)OCCCO3)nnc1SCC(=O)Nc1cc(C)ccc1C. The molecule has 0 radical (unpaired) electrons. The average Bonchev–Trinajstić information content (AvgIpc) is 3.01. The van der Waals surface area contributed by atoms with Crippen LogP contribution in [0.4, 0.5) is 5.69 Å². The lowest BCUT2D eigenvalue weighted by atomic mass is 10.1. The number of amides is 1. The standard InChI is InChI=1S/C24H28N4O3S/c1-4-28-22(14-18-8-9-20-21(13-18)31-11-5-10-30-20)26-27-24(28)32-15-23(29)25-19-12-16(2)6-7-17(19)3/h6-9,12-13H,4-5,10-11,14-15H2,1-3H3,(H,25,29). The molecule has 0 spiro atoms. The van der Waals surface area contributed by atoms with E-state index in [4.69, 9.17) is 9.47 Å². The molecule has 1 N–H and O–H groups in total. The van der Waals surface area contributed by atoms with Crippen LogP contribution >= 0.6 is 11.8 Å². The Balaban J connectivity index is 1.41. The second kappa shape index (κ2) is 10.1. The lowest BCUT2D eigenvalue weighted by molar-refractivity contribution is -0.113. The summed E-state index contributed by atoms with van der Waals surface area (Å²) in [7, 11) is 0. The normalized spacial score (nSPS) is 13.0. The number of benzene rings is 2. The van der Waals surface area contributed by atoms with Gasteiger partial charge < -0.3 is 19.4 Å². The molecular weight excluding hydrogens is 424 g/mol. The molecule has 0 fully saturated rings. The molecule has 0 saturated heterocycles. The first kappa shape index (κ1) is 22.2. The molecule has 4 rings (SSSR count). The Morgan fingerprint density at radius 1 is 1.09 bits per heavy atom. The van der Waals surface area contributed by atoms with E-state index in [1.165, 1.54) is 11.8 Å². The number of rotatable bonds is 7. The van der Waals surface area contributed by atoms with E-state index in [9.17, 15) is 4.79 Å². The Bertz CT molecular complexity index is 1110. The molecule has 32 heavy (non-hydrogen) atoms. The van der Waals surface area contributed by atoms with E-state index in [1.807, 2.05) is 50.2 Å². The second-order valence-corrected chi connectivity index (χ2v) is 8.75. The fourth-order valence-corrected chi connectivity index (χ4v) is 4.38. The van der Waals surface area contributed by atoms with Gasteiger partial charge in [-0.3, -0.25) is 4.79 Å². The van der Waals surface area contributed by atoms with E-state index in [-0.39, 0.29) is 11.7 Å². The molecule has 0 unspecified atom stereocenters. The van der Waals surface area contributed by atoms with Crippen LogP contribution in [0, 0.1) is 13.8 Å². The summed E-state index contributed by atoms with van der Waals surface area (Å²) >= 11 is 1.40. The zero-order valence-corrected chi connectivity index (χ0v) is 19.5. The van der Waals surface area contributed by atoms with Crippen LogP contribution < -0.4 is 14.8 Å². The fraction of sp³-hybridized carbons (Fsp3) is 0.375. The Morgan fingerprint density at radius 3 is 2.72 bits per heavy atom. The number of hydrogen-bond donors (Lipinski definition) is 1. The molecule has 7 nitrogen and oxygen atoms in total. The molecule has 0 aliphatic carbocycles. The molecule has 1 aliphatic heterocycles. The summed E-state index contributed by atoms with van der Waals surface area (Å²) in [6.45, 7) is 8.12. The maximum Gasteiger partial charge on any atom is 0.234 e. The van der Waals surface area contributed by atoms with Crippen molar-refractivity contribution in [3.8, 4) is 11.5 Å². The number of hydrogen-bond acceptors (Lipinski definition) is 6. The highest BCUT2D eigenvalue weighted by molar-refractivity contribution is 7.99. The third-order valence-corrected chi connectivity index (χ3v) is 6.25. The summed E-state index contributed by atoms with van der Waals surface area (Å²) in [6, 6.07) is 12.0. The van der Waals surface area contributed by atoms with E-state index in [0.29, 0.717) is 19.6 Å². The van der Waals surface area contributed by atoms with Gasteiger partial charge in [-0.2, -0.15) is 0 Å². The van der Waals surface area contributed by atoms with Crippen molar-refractivity contribution in [2.24, 2.45) is 0 Å². The van der Waals surface area contributed by atoms with Gasteiger partial charge in [0.25, 0.3) is 0 Å². The molecule has 0 saturated carbocycles. The van der Waals surface area contributed by atoms with Crippen LogP contribution in [0.25, 0.3) is 0 Å². The predicted octanol–water partition coefficient (Wildman–Crippen LogP) is 4.40. The minimum absolute atomic E-state index is 0.0567. The van der Waals surface area contributed by atoms with Gasteiger partial charge in [0.1, 0.15) is 5.82 Å². The van der Waals surface area contributed by atoms with Crippen molar-refractivity contribution < 1.29 is 14.3 Å². The quantitative estimate of drug-likeness (QED) is 0.536. The Labute approximate surface area is 192 Å². The number of ether oxygens (including phenoxy) is 2. The first-order chi connectivity index (χ1) is 15.5. The zero-order valence-electron chi connectivity index (χ0n) is 18.7. The fourth-order valence-electron chi connectivity index (χ4n) is 3.56. The molecular formula is C24H28N4O3S. The van der Waals surface area contributed by atoms with Crippen molar-refractivity contribution >= 4 is 23.4 Å². The molecule has 1 aliphatic rings. The summed E-state index contributed by atoms with van der Waals surface area (Å²) in [4.78, 5) is 12.5. The van der Waals surface area contributed by atoms with Crippen LogP contribution in [-0.4, -0.2) is 39.6 Å². The minimum atomic E-state index is -0.0567. The van der Waals surface area contributed by atoms with Crippen molar-refractivity contribution in [1.29, 1.82) is 0 Å². The maximum atomic E-state index is 12.5. The molecule has 0 atom stereocenters. The number of carbonyl (C=O) groups is 1. The molecule has 8 heteroatoms. The average molecular weight is 453 g/mol. The molecule has 2 heterocycles. The number of nitrogens with one attached hydrogen (secondary N) is 1. The highest BCUT2D eigenvalue weighted by atomic mass is 32.2. The summed E-state index contributed by atoms with van der Waals surface area (Å²) < 4.78 is 13.6. The minimum Gasteiger partial charge on any atom is -0.490 e. The Morgan fingerprint density at radius 2 is 1.91 bits per heavy atom. The van der Waals surface area contributed by atoms with Gasteiger partial charge in [0, 0.05) is 25.1 Å². The molecule has 0 bridgehead atoms. The number of aromatic nitrogens is 3. The van der Waals surface area contributed by atoms with Crippen LogP contribution in [0.1, 0.15) is 35.9 Å². The van der Waals surface area contributed by atoms with Gasteiger partial charge >= 0.3 is 0 Å². The highest BCUT2D eigenvalue weighted by Gasteiger charge is 2.16. The van der Waals surface area contributed by atoms with Gasteiger partial charge in [0.2, 0.25) is 5.91 Å². The number of nitrogens with zero attached hydrogens (tertiary/aromatic N) is 3. The first-order valence-corrected chi connectivity index (χ1v) is 11.8. The van der Waals surface area contributed by atoms with Crippen molar-refractivity contribution in [2.45, 2.75) is 45.3 Å². The van der Waals surface area contributed by atoms with Gasteiger partial charge in [-0.1, -0.05) is 30.0 Å². The number of anilines is 1. The van der Waals surface area contributed by atoms with Crippen LogP contribution in [0.3, 0.4) is 0 Å². The van der Waals surface area contributed by atoms with Crippen molar-refractivity contribution in [1.82, 2.24) is 14.8 Å². The van der Waals surface area contributed by atoms with E-state index < -0.39 is 0 Å². The Hall–Kier alpha value is -3.00. The first-order valence-electron chi connectivity index (χ1n) is 10.8. The van der Waals surface area contributed by atoms with Crippen LogP contribution in [-0.2, 0) is 17.8 Å². The van der Waals surface area contributed by atoms with Crippen molar-refractivity contribution in [3.05, 3.63) is 58.9 Å². The third kappa shape index (κ3) is 5.24. The number of carbonyl (C=O) groups excluding carboxylic acids is 1. The summed E-state index contributed by atoms with van der Waals surface area (Å²) in [5, 5.41) is 12.5. The summed E-state index contributed by atoms with van der Waals surface area (Å²) in [6.07, 6.45) is 1.51. The largest absolute Gasteiger partial charge is 0.490 e. The van der Waals surface area contributed by atoms with Crippen LogP contribution in [0.2, 0.25) is 0 Å². The summed E-state index contributed by atoms with van der Waals surface area (Å²) in [5.74, 6) is 2.64. The number of fused-ring (bicyclic) bond motifs is 1. The number of aryl methyl sites for hydroxylation is 2. The van der Waals surface area contributed by atoms with E-state index in [1.54, 1.807) is 0 Å². The molecule has 168 valence electrons. The van der Waals surface area contributed by atoms with E-state index in [2.05, 4.69) is 27.0 Å². The van der Waals surface area contributed by atoms with Crippen LogP contribution in [0.5, 0.6) is 11.5 Å². The smallest absolute Gasteiger partial charge is 0.234 e. The third-order valence-electron chi connectivity index (χ3n) is 5.28. The molecule has 1 aromatic heterocycles. The zero-order chi connectivity index (χ0) is 22.5. The topological polar surface area (TPSA) is 78.3 Å². The van der Waals surface area contributed by atoms with Gasteiger partial charge in [0.05, 0.1) is 19.0 Å². The van der Waals surface area contributed by atoms with Crippen molar-refractivity contribution in [2.75, 3.05) is 24.3 Å². The lowest BCUT2D eigenvalue weighted by Crippen LogP contribution is -2.15. The molecule has 1 amide bonds. The van der Waals surface area contributed by atoms with E-state index in [0.717, 1.165) is 57.8 Å². The van der Waals surface area contributed by atoms with Gasteiger partial charge in [-0.25, -0.2) is 0 Å². The second-order valence-electron chi connectivity index (χ2n) is 7.81. The molecule has 2 aromatic carbocycles. The summed E-state index contributed by atoms with van der Waals surface area (Å²) in [5.41, 5.74) is 4.09. The predicted molar refractivity (Wildman–Crippen MR) is 126 cm³/mol.